The van der Waals surface area contributed by atoms with Crippen LogP contribution in [-0.4, -0.2) is 25.6 Å². The summed E-state index contributed by atoms with van der Waals surface area (Å²) >= 11 is 1.61. The molecule has 0 aliphatic rings. The molecule has 162 valence electrons. The van der Waals surface area contributed by atoms with Gasteiger partial charge in [0.2, 0.25) is 0 Å². The Morgan fingerprint density at radius 3 is 2.75 bits per heavy atom. The van der Waals surface area contributed by atoms with E-state index in [0.29, 0.717) is 18.9 Å². The zero-order chi connectivity index (χ0) is 22.1. The molecule has 3 aromatic heterocycles. The van der Waals surface area contributed by atoms with E-state index in [1.54, 1.807) is 11.3 Å². The van der Waals surface area contributed by atoms with Gasteiger partial charge in [0.05, 0.1) is 5.69 Å². The fraction of sp³-hybridized carbons (Fsp3) is 0.250. The van der Waals surface area contributed by atoms with E-state index >= 15 is 0 Å². The molecule has 1 N–H and O–H groups in total. The second-order valence-corrected chi connectivity index (χ2v) is 9.53. The molecule has 0 fully saturated rings. The van der Waals surface area contributed by atoms with Crippen LogP contribution in [0.1, 0.15) is 43.4 Å². The van der Waals surface area contributed by atoms with Crippen LogP contribution in [-0.2, 0) is 18.4 Å². The SMILES string of the molecule is CC(C)(C)c1csc(-c2cc3cc(COc4ccccc4Cc4nn[nH]n4)ccc3o2)n1. The molecule has 0 aliphatic heterocycles. The summed E-state index contributed by atoms with van der Waals surface area (Å²) in [6, 6.07) is 16.1. The molecule has 5 rings (SSSR count). The van der Waals surface area contributed by atoms with Gasteiger partial charge in [-0.25, -0.2) is 4.98 Å². The van der Waals surface area contributed by atoms with Crippen LogP contribution in [0.15, 0.2) is 58.3 Å². The lowest BCUT2D eigenvalue weighted by molar-refractivity contribution is 0.303. The number of H-pyrrole nitrogens is 1. The van der Waals surface area contributed by atoms with Crippen molar-refractivity contribution in [3.63, 3.8) is 0 Å². The highest BCUT2D eigenvalue weighted by Crippen LogP contribution is 2.33. The summed E-state index contributed by atoms with van der Waals surface area (Å²) in [5.74, 6) is 2.23. The van der Waals surface area contributed by atoms with Crippen molar-refractivity contribution in [1.82, 2.24) is 25.6 Å². The summed E-state index contributed by atoms with van der Waals surface area (Å²) in [5.41, 5.74) is 4.01. The summed E-state index contributed by atoms with van der Waals surface area (Å²) in [7, 11) is 0. The number of ether oxygens (including phenoxy) is 1. The lowest BCUT2D eigenvalue weighted by Gasteiger charge is -2.13. The lowest BCUT2D eigenvalue weighted by Crippen LogP contribution is -2.11. The molecule has 0 atom stereocenters. The number of para-hydroxylation sites is 1. The molecule has 0 bridgehead atoms. The zero-order valence-corrected chi connectivity index (χ0v) is 18.9. The molecule has 0 saturated carbocycles. The maximum Gasteiger partial charge on any atom is 0.179 e. The molecule has 0 spiro atoms. The van der Waals surface area contributed by atoms with Gasteiger partial charge in [-0.15, -0.1) is 21.5 Å². The number of rotatable bonds is 6. The predicted molar refractivity (Wildman–Crippen MR) is 124 cm³/mol. The Labute approximate surface area is 189 Å². The van der Waals surface area contributed by atoms with Crippen molar-refractivity contribution < 1.29 is 9.15 Å². The van der Waals surface area contributed by atoms with Crippen molar-refractivity contribution in [2.24, 2.45) is 0 Å². The summed E-state index contributed by atoms with van der Waals surface area (Å²) in [6.07, 6.45) is 0.557. The molecule has 7 nitrogen and oxygen atoms in total. The average Bonchev–Trinajstić information content (AvgIpc) is 3.52. The molecule has 2 aromatic carbocycles. The van der Waals surface area contributed by atoms with Crippen molar-refractivity contribution in [2.45, 2.75) is 39.2 Å². The van der Waals surface area contributed by atoms with Gasteiger partial charge in [0, 0.05) is 28.2 Å². The second-order valence-electron chi connectivity index (χ2n) is 8.67. The molecule has 0 amide bonds. The fourth-order valence-electron chi connectivity index (χ4n) is 3.40. The standard InChI is InChI=1S/C24H23N5O2S/c1-24(2,3)21-14-32-23(25-21)20-11-17-10-15(8-9-19(17)31-20)13-30-18-7-5-4-6-16(18)12-22-26-28-29-27-22/h4-11,14H,12-13H2,1-3H3,(H,26,27,28,29). The maximum atomic E-state index is 6.13. The van der Waals surface area contributed by atoms with Gasteiger partial charge in [0.1, 0.15) is 17.9 Å². The fourth-order valence-corrected chi connectivity index (χ4v) is 4.40. The largest absolute Gasteiger partial charge is 0.489 e. The van der Waals surface area contributed by atoms with Crippen molar-refractivity contribution in [3.8, 4) is 16.5 Å². The Bertz CT molecular complexity index is 1350. The van der Waals surface area contributed by atoms with E-state index in [1.165, 1.54) is 0 Å². The zero-order valence-electron chi connectivity index (χ0n) is 18.1. The van der Waals surface area contributed by atoms with Crippen molar-refractivity contribution in [1.29, 1.82) is 0 Å². The van der Waals surface area contributed by atoms with Crippen LogP contribution in [0.2, 0.25) is 0 Å². The number of thiazole rings is 1. The topological polar surface area (TPSA) is 89.7 Å². The third-order valence-corrected chi connectivity index (χ3v) is 6.03. The van der Waals surface area contributed by atoms with E-state index in [2.05, 4.69) is 52.8 Å². The summed E-state index contributed by atoms with van der Waals surface area (Å²) < 4.78 is 12.2. The van der Waals surface area contributed by atoms with Gasteiger partial charge in [-0.05, 0) is 29.8 Å². The van der Waals surface area contributed by atoms with Gasteiger partial charge in [-0.2, -0.15) is 5.21 Å². The Morgan fingerprint density at radius 2 is 1.97 bits per heavy atom. The van der Waals surface area contributed by atoms with E-state index in [4.69, 9.17) is 14.1 Å². The normalized spacial score (nSPS) is 11.8. The first kappa shape index (κ1) is 20.4. The third kappa shape index (κ3) is 4.27. The second kappa shape index (κ2) is 8.20. The monoisotopic (exact) mass is 445 g/mol. The number of aromatic nitrogens is 5. The summed E-state index contributed by atoms with van der Waals surface area (Å²) in [5, 5.41) is 18.2. The average molecular weight is 446 g/mol. The molecule has 0 unspecified atom stereocenters. The van der Waals surface area contributed by atoms with E-state index in [1.807, 2.05) is 42.5 Å². The van der Waals surface area contributed by atoms with Crippen LogP contribution < -0.4 is 4.74 Å². The van der Waals surface area contributed by atoms with Gasteiger partial charge in [-0.3, -0.25) is 0 Å². The van der Waals surface area contributed by atoms with Crippen molar-refractivity contribution >= 4 is 22.3 Å². The van der Waals surface area contributed by atoms with Crippen LogP contribution in [0.4, 0.5) is 0 Å². The minimum Gasteiger partial charge on any atom is -0.489 e. The Kier molecular flexibility index (Phi) is 5.22. The Balaban J connectivity index is 1.34. The first-order chi connectivity index (χ1) is 15.5. The number of nitrogens with zero attached hydrogens (tertiary/aromatic N) is 4. The van der Waals surface area contributed by atoms with Gasteiger partial charge >= 0.3 is 0 Å². The van der Waals surface area contributed by atoms with Gasteiger partial charge < -0.3 is 9.15 Å². The highest BCUT2D eigenvalue weighted by molar-refractivity contribution is 7.13. The molecule has 5 aromatic rings. The molecule has 0 aliphatic carbocycles. The molecule has 8 heteroatoms. The van der Waals surface area contributed by atoms with Crippen LogP contribution in [0.25, 0.3) is 21.7 Å². The van der Waals surface area contributed by atoms with E-state index in [0.717, 1.165) is 44.3 Å². The van der Waals surface area contributed by atoms with Crippen molar-refractivity contribution in [2.75, 3.05) is 0 Å². The number of nitrogens with one attached hydrogen (secondary N) is 1. The number of hydrogen-bond donors (Lipinski definition) is 1. The number of fused-ring (bicyclic) bond motifs is 1. The Hall–Kier alpha value is -3.52. The molecule has 0 saturated heterocycles. The van der Waals surface area contributed by atoms with Crippen LogP contribution in [0.5, 0.6) is 5.75 Å². The quantitative estimate of drug-likeness (QED) is 0.369. The van der Waals surface area contributed by atoms with Gasteiger partial charge in [0.15, 0.2) is 16.6 Å². The number of furan rings is 1. The van der Waals surface area contributed by atoms with E-state index in [-0.39, 0.29) is 5.41 Å². The minimum atomic E-state index is 0.0191. The third-order valence-electron chi connectivity index (χ3n) is 5.17. The van der Waals surface area contributed by atoms with Crippen LogP contribution >= 0.6 is 11.3 Å². The molecule has 32 heavy (non-hydrogen) atoms. The lowest BCUT2D eigenvalue weighted by atomic mass is 9.93. The highest BCUT2D eigenvalue weighted by atomic mass is 32.1. The minimum absolute atomic E-state index is 0.0191. The maximum absolute atomic E-state index is 6.13. The molecular weight excluding hydrogens is 422 g/mol. The smallest absolute Gasteiger partial charge is 0.179 e. The summed E-state index contributed by atoms with van der Waals surface area (Å²) in [4.78, 5) is 4.77. The number of hydrogen-bond acceptors (Lipinski definition) is 7. The first-order valence-corrected chi connectivity index (χ1v) is 11.3. The van der Waals surface area contributed by atoms with E-state index in [9.17, 15) is 0 Å². The Morgan fingerprint density at radius 1 is 1.09 bits per heavy atom. The summed E-state index contributed by atoms with van der Waals surface area (Å²) in [6.45, 7) is 6.94. The van der Waals surface area contributed by atoms with Crippen molar-refractivity contribution in [3.05, 3.63) is 76.6 Å². The predicted octanol–water partition coefficient (Wildman–Crippen LogP) is 5.54. The first-order valence-electron chi connectivity index (χ1n) is 10.4. The molecular formula is C24H23N5O2S. The van der Waals surface area contributed by atoms with E-state index < -0.39 is 0 Å². The molecule has 0 radical (unpaired) electrons. The number of aromatic amines is 1. The van der Waals surface area contributed by atoms with Crippen LogP contribution in [0.3, 0.4) is 0 Å². The highest BCUT2D eigenvalue weighted by Gasteiger charge is 2.19. The number of tetrazole rings is 1. The van der Waals surface area contributed by atoms with Crippen LogP contribution in [0, 0.1) is 0 Å². The van der Waals surface area contributed by atoms with Gasteiger partial charge in [-0.1, -0.05) is 50.3 Å². The molecule has 3 heterocycles. The number of benzene rings is 2. The van der Waals surface area contributed by atoms with Gasteiger partial charge in [0.25, 0.3) is 0 Å².